The van der Waals surface area contributed by atoms with Crippen LogP contribution in [-0.4, -0.2) is 41.6 Å². The van der Waals surface area contributed by atoms with Crippen LogP contribution >= 0.6 is 0 Å². The molecule has 0 spiro atoms. The van der Waals surface area contributed by atoms with E-state index in [2.05, 4.69) is 4.74 Å². The largest absolute Gasteiger partial charge is 0.495 e. The fourth-order valence-corrected chi connectivity index (χ4v) is 4.27. The van der Waals surface area contributed by atoms with Crippen LogP contribution in [0.25, 0.3) is 0 Å². The number of hydrogen-bond donors (Lipinski definition) is 0. The molecule has 10 heteroatoms. The maximum atomic E-state index is 13.2. The minimum absolute atomic E-state index is 0.0211. The first kappa shape index (κ1) is 23.9. The van der Waals surface area contributed by atoms with Crippen molar-refractivity contribution in [1.29, 1.82) is 0 Å². The molecule has 1 aromatic heterocycles. The van der Waals surface area contributed by atoms with Gasteiger partial charge in [-0.05, 0) is 48.9 Å². The van der Waals surface area contributed by atoms with Gasteiger partial charge in [0.15, 0.2) is 0 Å². The van der Waals surface area contributed by atoms with Crippen molar-refractivity contribution in [2.45, 2.75) is 18.4 Å². The number of sulfonamides is 1. The van der Waals surface area contributed by atoms with Crippen molar-refractivity contribution in [3.63, 3.8) is 0 Å². The smallest absolute Gasteiger partial charge is 0.373 e. The molecule has 174 valence electrons. The zero-order chi connectivity index (χ0) is 24.2. The van der Waals surface area contributed by atoms with Gasteiger partial charge in [-0.2, -0.15) is 0 Å². The van der Waals surface area contributed by atoms with Gasteiger partial charge in [-0.25, -0.2) is 18.0 Å². The molecule has 0 amide bonds. The van der Waals surface area contributed by atoms with E-state index < -0.39 is 22.0 Å². The van der Waals surface area contributed by atoms with Gasteiger partial charge in [-0.1, -0.05) is 18.2 Å². The van der Waals surface area contributed by atoms with E-state index in [-0.39, 0.29) is 28.6 Å². The van der Waals surface area contributed by atoms with Gasteiger partial charge < -0.3 is 18.6 Å². The van der Waals surface area contributed by atoms with Gasteiger partial charge in [0.2, 0.25) is 5.76 Å². The van der Waals surface area contributed by atoms with E-state index in [4.69, 9.17) is 13.9 Å². The number of esters is 2. The molecule has 0 aliphatic carbocycles. The normalized spacial score (nSPS) is 11.0. The topological polar surface area (TPSA) is 112 Å². The van der Waals surface area contributed by atoms with Crippen molar-refractivity contribution in [2.75, 3.05) is 25.6 Å². The lowest BCUT2D eigenvalue weighted by molar-refractivity contribution is 0.0437. The molecular formula is C23H23NO8S. The predicted octanol–water partition coefficient (Wildman–Crippen LogP) is 3.57. The van der Waals surface area contributed by atoms with Crippen LogP contribution in [0.15, 0.2) is 63.9 Å². The number of carbonyl (C=O) groups is 2. The predicted molar refractivity (Wildman–Crippen MR) is 119 cm³/mol. The number of para-hydroxylation sites is 2. The van der Waals surface area contributed by atoms with Gasteiger partial charge in [0, 0.05) is 7.05 Å². The second kappa shape index (κ2) is 9.78. The molecule has 2 aromatic carbocycles. The molecule has 33 heavy (non-hydrogen) atoms. The highest BCUT2D eigenvalue weighted by Gasteiger charge is 2.25. The summed E-state index contributed by atoms with van der Waals surface area (Å²) in [7, 11) is 0.0784. The molecule has 9 nitrogen and oxygen atoms in total. The molecule has 0 N–H and O–H groups in total. The van der Waals surface area contributed by atoms with Gasteiger partial charge in [0.05, 0.1) is 30.4 Å². The Bertz CT molecular complexity index is 1280. The van der Waals surface area contributed by atoms with E-state index in [1.807, 2.05) is 0 Å². The molecule has 0 unspecified atom stereocenters. The lowest BCUT2D eigenvalue weighted by atomic mass is 10.1. The third-order valence-electron chi connectivity index (χ3n) is 4.91. The SMILES string of the molecule is COC(=O)c1ccc(COC(=O)c2cc(S(=O)(=O)N(C)c3ccccc3OC)ccc2C)o1. The summed E-state index contributed by atoms with van der Waals surface area (Å²) < 4.78 is 47.9. The third-order valence-corrected chi connectivity index (χ3v) is 6.67. The lowest BCUT2D eigenvalue weighted by Crippen LogP contribution is -2.27. The Morgan fingerprint density at radius 1 is 1.00 bits per heavy atom. The molecule has 0 saturated heterocycles. The van der Waals surface area contributed by atoms with Crippen molar-refractivity contribution < 1.29 is 36.6 Å². The molecule has 0 bridgehead atoms. The fraction of sp³-hybridized carbons (Fsp3) is 0.217. The summed E-state index contributed by atoms with van der Waals surface area (Å²) >= 11 is 0. The molecule has 0 saturated carbocycles. The second-order valence-electron chi connectivity index (χ2n) is 6.95. The molecular weight excluding hydrogens is 450 g/mol. The van der Waals surface area contributed by atoms with Gasteiger partial charge in [-0.3, -0.25) is 4.31 Å². The number of furan rings is 1. The highest BCUT2D eigenvalue weighted by molar-refractivity contribution is 7.92. The van der Waals surface area contributed by atoms with Gasteiger partial charge >= 0.3 is 11.9 Å². The van der Waals surface area contributed by atoms with E-state index >= 15 is 0 Å². The number of benzene rings is 2. The summed E-state index contributed by atoms with van der Waals surface area (Å²) in [6.45, 7) is 1.42. The Morgan fingerprint density at radius 2 is 1.73 bits per heavy atom. The van der Waals surface area contributed by atoms with Crippen LogP contribution in [0, 0.1) is 6.92 Å². The Labute approximate surface area is 191 Å². The first-order valence-corrected chi connectivity index (χ1v) is 11.2. The molecule has 0 aliphatic rings. The average Bonchev–Trinajstić information content (AvgIpc) is 3.30. The number of carbonyl (C=O) groups excluding carboxylic acids is 2. The zero-order valence-electron chi connectivity index (χ0n) is 18.5. The van der Waals surface area contributed by atoms with Crippen molar-refractivity contribution in [3.05, 3.63) is 77.2 Å². The second-order valence-corrected chi connectivity index (χ2v) is 8.92. The van der Waals surface area contributed by atoms with Gasteiger partial charge in [0.25, 0.3) is 10.0 Å². The molecule has 0 atom stereocenters. The maximum Gasteiger partial charge on any atom is 0.373 e. The number of aryl methyl sites for hydroxylation is 1. The summed E-state index contributed by atoms with van der Waals surface area (Å²) in [6, 6.07) is 13.8. The molecule has 0 aliphatic heterocycles. The third kappa shape index (κ3) is 5.01. The van der Waals surface area contributed by atoms with Gasteiger partial charge in [0.1, 0.15) is 18.1 Å². The van der Waals surface area contributed by atoms with Crippen LogP contribution in [0.5, 0.6) is 5.75 Å². The van der Waals surface area contributed by atoms with Gasteiger partial charge in [-0.15, -0.1) is 0 Å². The summed E-state index contributed by atoms with van der Waals surface area (Å²) in [5, 5.41) is 0. The number of nitrogens with zero attached hydrogens (tertiary/aromatic N) is 1. The fourth-order valence-electron chi connectivity index (χ4n) is 3.04. The number of rotatable bonds is 8. The van der Waals surface area contributed by atoms with Crippen LogP contribution in [0.4, 0.5) is 5.69 Å². The number of ether oxygens (including phenoxy) is 3. The highest BCUT2D eigenvalue weighted by atomic mass is 32.2. The van der Waals surface area contributed by atoms with Crippen LogP contribution < -0.4 is 9.04 Å². The number of anilines is 1. The quantitative estimate of drug-likeness (QED) is 0.457. The Balaban J connectivity index is 1.83. The van der Waals surface area contributed by atoms with Crippen LogP contribution in [0.1, 0.15) is 32.2 Å². The molecule has 1 heterocycles. The van der Waals surface area contributed by atoms with Crippen LogP contribution in [0.3, 0.4) is 0 Å². The average molecular weight is 474 g/mol. The summed E-state index contributed by atoms with van der Waals surface area (Å²) in [6.07, 6.45) is 0. The van der Waals surface area contributed by atoms with Crippen LogP contribution in [0.2, 0.25) is 0 Å². The first-order valence-electron chi connectivity index (χ1n) is 9.75. The minimum atomic E-state index is -4.00. The van der Waals surface area contributed by atoms with Crippen molar-refractivity contribution in [3.8, 4) is 5.75 Å². The molecule has 0 fully saturated rings. The maximum absolute atomic E-state index is 13.2. The molecule has 3 rings (SSSR count). The first-order chi connectivity index (χ1) is 15.7. The monoisotopic (exact) mass is 473 g/mol. The Kier molecular flexibility index (Phi) is 7.07. The standard InChI is InChI=1S/C23H23NO8S/c1-15-9-11-17(33(27,28)24(2)19-7-5-6-8-20(19)29-3)13-18(15)22(25)31-14-16-10-12-21(32-16)23(26)30-4/h5-13H,14H2,1-4H3. The summed E-state index contributed by atoms with van der Waals surface area (Å²) in [4.78, 5) is 24.1. The number of methoxy groups -OCH3 is 2. The zero-order valence-corrected chi connectivity index (χ0v) is 19.3. The number of hydrogen-bond acceptors (Lipinski definition) is 8. The van der Waals surface area contributed by atoms with Crippen LogP contribution in [-0.2, 0) is 26.1 Å². The van der Waals surface area contributed by atoms with E-state index in [0.29, 0.717) is 17.0 Å². The highest BCUT2D eigenvalue weighted by Crippen LogP contribution is 2.31. The summed E-state index contributed by atoms with van der Waals surface area (Å²) in [5.74, 6) is -0.783. The lowest BCUT2D eigenvalue weighted by Gasteiger charge is -2.22. The Morgan fingerprint density at radius 3 is 2.42 bits per heavy atom. The van der Waals surface area contributed by atoms with Crippen molar-refractivity contribution in [1.82, 2.24) is 0 Å². The summed E-state index contributed by atoms with van der Waals surface area (Å²) in [5.41, 5.74) is 0.974. The Hall–Kier alpha value is -3.79. The van der Waals surface area contributed by atoms with E-state index in [1.54, 1.807) is 31.2 Å². The van der Waals surface area contributed by atoms with E-state index in [1.165, 1.54) is 51.6 Å². The van der Waals surface area contributed by atoms with E-state index in [0.717, 1.165) is 4.31 Å². The molecule has 0 radical (unpaired) electrons. The van der Waals surface area contributed by atoms with E-state index in [9.17, 15) is 18.0 Å². The minimum Gasteiger partial charge on any atom is -0.495 e. The van der Waals surface area contributed by atoms with Crippen molar-refractivity contribution in [2.24, 2.45) is 0 Å². The molecule has 3 aromatic rings. The van der Waals surface area contributed by atoms with Crippen molar-refractivity contribution >= 4 is 27.6 Å².